The van der Waals surface area contributed by atoms with Crippen molar-refractivity contribution >= 4 is 5.97 Å². The van der Waals surface area contributed by atoms with Gasteiger partial charge in [0.05, 0.1) is 0 Å². The van der Waals surface area contributed by atoms with Crippen LogP contribution in [0.25, 0.3) is 11.1 Å². The maximum Gasteiger partial charge on any atom is 0.339 e. The fraction of sp³-hybridized carbons (Fsp3) is 0.0714. The van der Waals surface area contributed by atoms with Crippen molar-refractivity contribution in [1.29, 1.82) is 0 Å². The minimum absolute atomic E-state index is 0.133. The Hall–Kier alpha value is -2.36. The number of halogens is 1. The van der Waals surface area contributed by atoms with Crippen LogP contribution in [0.5, 0.6) is 5.75 Å². The molecule has 0 heterocycles. The second-order valence-electron chi connectivity index (χ2n) is 4.31. The van der Waals surface area contributed by atoms with E-state index in [0.29, 0.717) is 6.42 Å². The molecule has 0 aliphatic heterocycles. The van der Waals surface area contributed by atoms with Crippen LogP contribution in [0.3, 0.4) is 0 Å². The molecule has 3 nitrogen and oxygen atoms in total. The summed E-state index contributed by atoms with van der Waals surface area (Å²) in [5.74, 6) is -1.75. The highest BCUT2D eigenvalue weighted by molar-refractivity contribution is 5.94. The molecule has 0 bridgehead atoms. The van der Waals surface area contributed by atoms with Crippen LogP contribution in [0.2, 0.25) is 0 Å². The highest BCUT2D eigenvalue weighted by atomic mass is 19.1. The van der Waals surface area contributed by atoms with Gasteiger partial charge in [0.25, 0.3) is 0 Å². The van der Waals surface area contributed by atoms with E-state index in [4.69, 9.17) is 5.11 Å². The number of carboxylic acid groups (broad SMARTS) is 1. The van der Waals surface area contributed by atoms with Crippen molar-refractivity contribution in [3.05, 3.63) is 52.8 Å². The van der Waals surface area contributed by atoms with Crippen molar-refractivity contribution in [3.8, 4) is 16.9 Å². The third kappa shape index (κ3) is 1.46. The van der Waals surface area contributed by atoms with E-state index >= 15 is 0 Å². The lowest BCUT2D eigenvalue weighted by molar-refractivity contribution is 0.0694. The van der Waals surface area contributed by atoms with E-state index < -0.39 is 5.97 Å². The van der Waals surface area contributed by atoms with E-state index in [1.54, 1.807) is 6.07 Å². The summed E-state index contributed by atoms with van der Waals surface area (Å²) >= 11 is 0. The lowest BCUT2D eigenvalue weighted by atomic mass is 10.0. The summed E-state index contributed by atoms with van der Waals surface area (Å²) in [7, 11) is 0. The number of hydrogen-bond acceptors (Lipinski definition) is 2. The van der Waals surface area contributed by atoms with Crippen molar-refractivity contribution in [1.82, 2.24) is 0 Å². The Morgan fingerprint density at radius 1 is 1.11 bits per heavy atom. The first kappa shape index (κ1) is 10.8. The van der Waals surface area contributed by atoms with Crippen LogP contribution in [-0.4, -0.2) is 16.2 Å². The third-order valence-corrected chi connectivity index (χ3v) is 3.19. The molecular formula is C14H9FO3. The summed E-state index contributed by atoms with van der Waals surface area (Å²) in [5.41, 5.74) is 3.07. The lowest BCUT2D eigenvalue weighted by Gasteiger charge is -2.05. The first-order chi connectivity index (χ1) is 8.56. The number of carbonyl (C=O) groups is 1. The molecular weight excluding hydrogens is 235 g/mol. The zero-order valence-corrected chi connectivity index (χ0v) is 9.27. The molecule has 2 aromatic rings. The molecule has 0 radical (unpaired) electrons. The predicted molar refractivity (Wildman–Crippen MR) is 63.3 cm³/mol. The molecule has 0 fully saturated rings. The molecule has 0 saturated heterocycles. The van der Waals surface area contributed by atoms with E-state index in [1.165, 1.54) is 24.3 Å². The summed E-state index contributed by atoms with van der Waals surface area (Å²) in [4.78, 5) is 11.0. The largest absolute Gasteiger partial charge is 0.507 e. The lowest BCUT2D eigenvalue weighted by Crippen LogP contribution is -1.97. The Kier molecular flexibility index (Phi) is 2.13. The monoisotopic (exact) mass is 244 g/mol. The van der Waals surface area contributed by atoms with Crippen LogP contribution in [-0.2, 0) is 6.42 Å². The average molecular weight is 244 g/mol. The zero-order valence-electron chi connectivity index (χ0n) is 9.27. The van der Waals surface area contributed by atoms with Gasteiger partial charge >= 0.3 is 5.97 Å². The summed E-state index contributed by atoms with van der Waals surface area (Å²) in [6, 6.07) is 7.31. The molecule has 0 atom stereocenters. The zero-order chi connectivity index (χ0) is 12.9. The van der Waals surface area contributed by atoms with Crippen LogP contribution < -0.4 is 0 Å². The molecule has 0 saturated carbocycles. The molecule has 0 spiro atoms. The summed E-state index contributed by atoms with van der Waals surface area (Å²) in [6.45, 7) is 0. The van der Waals surface area contributed by atoms with E-state index in [9.17, 15) is 14.3 Å². The molecule has 90 valence electrons. The topological polar surface area (TPSA) is 57.5 Å². The van der Waals surface area contributed by atoms with Crippen molar-refractivity contribution in [2.24, 2.45) is 0 Å². The first-order valence-corrected chi connectivity index (χ1v) is 5.44. The summed E-state index contributed by atoms with van der Waals surface area (Å²) < 4.78 is 13.1. The molecule has 0 amide bonds. The fourth-order valence-electron chi connectivity index (χ4n) is 2.38. The average Bonchev–Trinajstić information content (AvgIpc) is 2.63. The Bertz CT molecular complexity index is 677. The van der Waals surface area contributed by atoms with Crippen molar-refractivity contribution in [3.63, 3.8) is 0 Å². The first-order valence-electron chi connectivity index (χ1n) is 5.44. The maximum atomic E-state index is 13.1. The van der Waals surface area contributed by atoms with Crippen molar-refractivity contribution in [2.45, 2.75) is 6.42 Å². The SMILES string of the molecule is O=C(O)c1cc2c(cc1O)Cc1cc(F)ccc1-2. The van der Waals surface area contributed by atoms with Crippen LogP contribution in [0.1, 0.15) is 21.5 Å². The molecule has 2 aromatic carbocycles. The number of fused-ring (bicyclic) bond motifs is 3. The quantitative estimate of drug-likeness (QED) is 0.692. The van der Waals surface area contributed by atoms with Gasteiger partial charge in [0.2, 0.25) is 0 Å². The normalized spacial score (nSPS) is 12.1. The van der Waals surface area contributed by atoms with E-state index in [0.717, 1.165) is 22.3 Å². The van der Waals surface area contributed by atoms with Gasteiger partial charge in [0.15, 0.2) is 0 Å². The maximum absolute atomic E-state index is 13.1. The number of aromatic hydroxyl groups is 1. The number of rotatable bonds is 1. The van der Waals surface area contributed by atoms with Gasteiger partial charge in [0, 0.05) is 0 Å². The van der Waals surface area contributed by atoms with Gasteiger partial charge in [-0.05, 0) is 52.9 Å². The number of aromatic carboxylic acids is 1. The van der Waals surface area contributed by atoms with Gasteiger partial charge in [-0.25, -0.2) is 9.18 Å². The van der Waals surface area contributed by atoms with E-state index in [2.05, 4.69) is 0 Å². The van der Waals surface area contributed by atoms with Crippen LogP contribution >= 0.6 is 0 Å². The van der Waals surface area contributed by atoms with Crippen LogP contribution in [0, 0.1) is 5.82 Å². The van der Waals surface area contributed by atoms with E-state index in [1.807, 2.05) is 0 Å². The second kappa shape index (κ2) is 3.57. The fourth-order valence-corrected chi connectivity index (χ4v) is 2.38. The van der Waals surface area contributed by atoms with Gasteiger partial charge in [-0.15, -0.1) is 0 Å². The molecule has 1 aliphatic rings. The van der Waals surface area contributed by atoms with Gasteiger partial charge in [0.1, 0.15) is 17.1 Å². The number of carboxylic acids is 1. The Labute approximate surface area is 102 Å². The Morgan fingerprint density at radius 3 is 2.56 bits per heavy atom. The number of hydrogen-bond donors (Lipinski definition) is 2. The minimum atomic E-state index is -1.18. The smallest absolute Gasteiger partial charge is 0.339 e. The van der Waals surface area contributed by atoms with Crippen molar-refractivity contribution in [2.75, 3.05) is 0 Å². The van der Waals surface area contributed by atoms with Gasteiger partial charge < -0.3 is 10.2 Å². The van der Waals surface area contributed by atoms with E-state index in [-0.39, 0.29) is 17.1 Å². The van der Waals surface area contributed by atoms with Crippen molar-refractivity contribution < 1.29 is 19.4 Å². The van der Waals surface area contributed by atoms with Crippen LogP contribution in [0.15, 0.2) is 30.3 Å². The molecule has 1 aliphatic carbocycles. The highest BCUT2D eigenvalue weighted by Crippen LogP contribution is 2.39. The summed E-state index contributed by atoms with van der Waals surface area (Å²) in [5, 5.41) is 18.6. The van der Waals surface area contributed by atoms with Gasteiger partial charge in [-0.1, -0.05) is 6.07 Å². The van der Waals surface area contributed by atoms with Gasteiger partial charge in [-0.3, -0.25) is 0 Å². The standard InChI is InChI=1S/C14H9FO3/c15-9-1-2-10-7(4-9)3-8-5-13(16)12(14(17)18)6-11(8)10/h1-2,4-6,16H,3H2,(H,17,18). The molecule has 2 N–H and O–H groups in total. The summed E-state index contributed by atoms with van der Waals surface area (Å²) in [6.07, 6.45) is 0.510. The molecule has 0 aromatic heterocycles. The number of benzene rings is 2. The molecule has 4 heteroatoms. The molecule has 18 heavy (non-hydrogen) atoms. The molecule has 3 rings (SSSR count). The Balaban J connectivity index is 2.23. The van der Waals surface area contributed by atoms with Crippen LogP contribution in [0.4, 0.5) is 4.39 Å². The molecule has 0 unspecified atom stereocenters. The predicted octanol–water partition coefficient (Wildman–Crippen LogP) is 2.80. The minimum Gasteiger partial charge on any atom is -0.507 e. The highest BCUT2D eigenvalue weighted by Gasteiger charge is 2.22. The Morgan fingerprint density at radius 2 is 1.83 bits per heavy atom. The third-order valence-electron chi connectivity index (χ3n) is 3.19. The van der Waals surface area contributed by atoms with Gasteiger partial charge in [-0.2, -0.15) is 0 Å². The number of phenols is 1. The second-order valence-corrected chi connectivity index (χ2v) is 4.31.